The zero-order valence-electron chi connectivity index (χ0n) is 12.9. The molecule has 0 fully saturated rings. The molecule has 0 radical (unpaired) electrons. The Morgan fingerprint density at radius 1 is 1.18 bits per heavy atom. The molecule has 3 aromatic rings. The standard InChI is InChI=1S/C16H19N5O/c1-11(13-6-4-5-7-14(13)22-3)10-17-15-8-9-16-19-18-12(2)21(16)20-15/h4-9,11H,10H2,1-3H3,(H,17,20)/t11-/m0/s1. The predicted molar refractivity (Wildman–Crippen MR) is 85.4 cm³/mol. The van der Waals surface area contributed by atoms with Crippen molar-refractivity contribution in [2.24, 2.45) is 0 Å². The molecule has 0 aliphatic carbocycles. The van der Waals surface area contributed by atoms with Crippen molar-refractivity contribution in [1.82, 2.24) is 19.8 Å². The Morgan fingerprint density at radius 2 is 2.00 bits per heavy atom. The summed E-state index contributed by atoms with van der Waals surface area (Å²) in [4.78, 5) is 0. The van der Waals surface area contributed by atoms with Gasteiger partial charge in [-0.15, -0.1) is 15.3 Å². The molecular weight excluding hydrogens is 278 g/mol. The first-order chi connectivity index (χ1) is 10.7. The summed E-state index contributed by atoms with van der Waals surface area (Å²) < 4.78 is 7.15. The fourth-order valence-corrected chi connectivity index (χ4v) is 2.43. The van der Waals surface area contributed by atoms with Crippen molar-refractivity contribution in [3.8, 4) is 5.75 Å². The molecule has 2 aromatic heterocycles. The van der Waals surface area contributed by atoms with Crippen LogP contribution in [0.5, 0.6) is 5.75 Å². The van der Waals surface area contributed by atoms with E-state index in [1.165, 1.54) is 5.56 Å². The number of methoxy groups -OCH3 is 1. The third kappa shape index (κ3) is 2.72. The number of ether oxygens (including phenoxy) is 1. The fraction of sp³-hybridized carbons (Fsp3) is 0.312. The molecule has 1 N–H and O–H groups in total. The van der Waals surface area contributed by atoms with E-state index in [0.29, 0.717) is 5.92 Å². The summed E-state index contributed by atoms with van der Waals surface area (Å²) in [6.45, 7) is 4.81. The van der Waals surface area contributed by atoms with E-state index in [4.69, 9.17) is 4.74 Å². The SMILES string of the molecule is COc1ccccc1[C@@H](C)CNc1ccc2nnc(C)n2n1. The summed E-state index contributed by atoms with van der Waals surface area (Å²) >= 11 is 0. The predicted octanol–water partition coefficient (Wildman–Crippen LogP) is 2.66. The summed E-state index contributed by atoms with van der Waals surface area (Å²) in [7, 11) is 1.70. The number of rotatable bonds is 5. The largest absolute Gasteiger partial charge is 0.496 e. The van der Waals surface area contributed by atoms with E-state index in [0.717, 1.165) is 29.6 Å². The quantitative estimate of drug-likeness (QED) is 0.784. The van der Waals surface area contributed by atoms with E-state index in [9.17, 15) is 0 Å². The third-order valence-corrected chi connectivity index (χ3v) is 3.68. The molecule has 0 aliphatic rings. The van der Waals surface area contributed by atoms with E-state index in [1.807, 2.05) is 37.3 Å². The van der Waals surface area contributed by atoms with Crippen LogP contribution in [-0.2, 0) is 0 Å². The smallest absolute Gasteiger partial charge is 0.178 e. The van der Waals surface area contributed by atoms with E-state index >= 15 is 0 Å². The van der Waals surface area contributed by atoms with Gasteiger partial charge in [0, 0.05) is 12.5 Å². The van der Waals surface area contributed by atoms with Crippen LogP contribution in [-0.4, -0.2) is 33.5 Å². The van der Waals surface area contributed by atoms with Gasteiger partial charge in [0.05, 0.1) is 7.11 Å². The second kappa shape index (κ2) is 6.01. The number of aromatic nitrogens is 4. The molecule has 0 amide bonds. The van der Waals surface area contributed by atoms with Crippen molar-refractivity contribution in [3.63, 3.8) is 0 Å². The first-order valence-electron chi connectivity index (χ1n) is 7.25. The van der Waals surface area contributed by atoms with Gasteiger partial charge in [-0.2, -0.15) is 4.52 Å². The lowest BCUT2D eigenvalue weighted by atomic mass is 10.00. The van der Waals surface area contributed by atoms with E-state index < -0.39 is 0 Å². The lowest BCUT2D eigenvalue weighted by molar-refractivity contribution is 0.407. The van der Waals surface area contributed by atoms with Crippen LogP contribution in [0.1, 0.15) is 24.2 Å². The Kier molecular flexibility index (Phi) is 3.91. The Hall–Kier alpha value is -2.63. The normalized spacial score (nSPS) is 12.3. The molecule has 114 valence electrons. The summed E-state index contributed by atoms with van der Waals surface area (Å²) in [6, 6.07) is 11.9. The molecule has 0 unspecified atom stereocenters. The van der Waals surface area contributed by atoms with Crippen molar-refractivity contribution in [1.29, 1.82) is 0 Å². The highest BCUT2D eigenvalue weighted by molar-refractivity contribution is 5.44. The van der Waals surface area contributed by atoms with Crippen molar-refractivity contribution in [2.75, 3.05) is 19.0 Å². The number of anilines is 1. The highest BCUT2D eigenvalue weighted by Crippen LogP contribution is 2.26. The molecule has 6 heteroatoms. The minimum Gasteiger partial charge on any atom is -0.496 e. The highest BCUT2D eigenvalue weighted by atomic mass is 16.5. The van der Waals surface area contributed by atoms with Gasteiger partial charge in [0.2, 0.25) is 0 Å². The maximum atomic E-state index is 5.42. The number of nitrogens with zero attached hydrogens (tertiary/aromatic N) is 4. The van der Waals surface area contributed by atoms with E-state index in [-0.39, 0.29) is 0 Å². The van der Waals surface area contributed by atoms with Gasteiger partial charge in [-0.05, 0) is 30.7 Å². The number of hydrogen-bond donors (Lipinski definition) is 1. The first-order valence-corrected chi connectivity index (χ1v) is 7.25. The highest BCUT2D eigenvalue weighted by Gasteiger charge is 2.11. The fourth-order valence-electron chi connectivity index (χ4n) is 2.43. The number of fused-ring (bicyclic) bond motifs is 1. The van der Waals surface area contributed by atoms with Gasteiger partial charge in [-0.3, -0.25) is 0 Å². The topological polar surface area (TPSA) is 64.3 Å². The van der Waals surface area contributed by atoms with E-state index in [2.05, 4.69) is 33.6 Å². The minimum atomic E-state index is 0.302. The number of para-hydroxylation sites is 1. The second-order valence-corrected chi connectivity index (χ2v) is 5.26. The molecule has 2 heterocycles. The Balaban J connectivity index is 1.74. The number of aryl methyl sites for hydroxylation is 1. The maximum absolute atomic E-state index is 5.42. The van der Waals surface area contributed by atoms with Crippen LogP contribution in [0.25, 0.3) is 5.65 Å². The third-order valence-electron chi connectivity index (χ3n) is 3.68. The summed E-state index contributed by atoms with van der Waals surface area (Å²) in [5.41, 5.74) is 1.93. The second-order valence-electron chi connectivity index (χ2n) is 5.26. The molecule has 6 nitrogen and oxygen atoms in total. The van der Waals surface area contributed by atoms with Crippen molar-refractivity contribution < 1.29 is 4.74 Å². The van der Waals surface area contributed by atoms with Gasteiger partial charge in [-0.25, -0.2) is 0 Å². The average molecular weight is 297 g/mol. The molecule has 3 rings (SSSR count). The monoisotopic (exact) mass is 297 g/mol. The van der Waals surface area contributed by atoms with E-state index in [1.54, 1.807) is 11.6 Å². The van der Waals surface area contributed by atoms with Crippen LogP contribution in [0.15, 0.2) is 36.4 Å². The van der Waals surface area contributed by atoms with Gasteiger partial charge >= 0.3 is 0 Å². The summed E-state index contributed by atoms with van der Waals surface area (Å²) in [5.74, 6) is 2.79. The van der Waals surface area contributed by atoms with Crippen LogP contribution in [0, 0.1) is 6.92 Å². The van der Waals surface area contributed by atoms with Gasteiger partial charge in [0.1, 0.15) is 11.6 Å². The zero-order valence-corrected chi connectivity index (χ0v) is 12.9. The number of nitrogens with one attached hydrogen (secondary N) is 1. The molecule has 22 heavy (non-hydrogen) atoms. The molecule has 1 atom stereocenters. The van der Waals surface area contributed by atoms with Crippen molar-refractivity contribution >= 4 is 11.5 Å². The lowest BCUT2D eigenvalue weighted by Gasteiger charge is -2.16. The average Bonchev–Trinajstić information content (AvgIpc) is 2.93. The van der Waals surface area contributed by atoms with Crippen LogP contribution in [0.4, 0.5) is 5.82 Å². The Morgan fingerprint density at radius 3 is 2.82 bits per heavy atom. The van der Waals surface area contributed by atoms with Crippen LogP contribution in [0.2, 0.25) is 0 Å². The van der Waals surface area contributed by atoms with Crippen molar-refractivity contribution in [2.45, 2.75) is 19.8 Å². The molecule has 0 saturated carbocycles. The Labute approximate surface area is 129 Å². The van der Waals surface area contributed by atoms with Crippen LogP contribution >= 0.6 is 0 Å². The summed E-state index contributed by atoms with van der Waals surface area (Å²) in [5, 5.41) is 15.9. The molecule has 0 aliphatic heterocycles. The number of benzene rings is 1. The molecule has 0 spiro atoms. The first kappa shape index (κ1) is 14.3. The van der Waals surface area contributed by atoms with Gasteiger partial charge in [-0.1, -0.05) is 25.1 Å². The maximum Gasteiger partial charge on any atom is 0.178 e. The Bertz CT molecular complexity index is 783. The van der Waals surface area contributed by atoms with Gasteiger partial charge in [0.15, 0.2) is 11.5 Å². The summed E-state index contributed by atoms with van der Waals surface area (Å²) in [6.07, 6.45) is 0. The van der Waals surface area contributed by atoms with Crippen LogP contribution in [0.3, 0.4) is 0 Å². The molecule has 0 saturated heterocycles. The zero-order chi connectivity index (χ0) is 15.5. The number of hydrogen-bond acceptors (Lipinski definition) is 5. The lowest BCUT2D eigenvalue weighted by Crippen LogP contribution is -2.12. The molecule has 0 bridgehead atoms. The van der Waals surface area contributed by atoms with Crippen molar-refractivity contribution in [3.05, 3.63) is 47.8 Å². The molecular formula is C16H19N5O. The van der Waals surface area contributed by atoms with Gasteiger partial charge in [0.25, 0.3) is 0 Å². The molecule has 1 aromatic carbocycles. The van der Waals surface area contributed by atoms with Crippen LogP contribution < -0.4 is 10.1 Å². The van der Waals surface area contributed by atoms with Gasteiger partial charge < -0.3 is 10.1 Å². The minimum absolute atomic E-state index is 0.302.